The molecule has 1 aromatic carbocycles. The van der Waals surface area contributed by atoms with E-state index in [0.717, 1.165) is 12.1 Å². The lowest BCUT2D eigenvalue weighted by molar-refractivity contribution is -0.258. The molecule has 37 heavy (non-hydrogen) atoms. The van der Waals surface area contributed by atoms with Crippen LogP contribution in [0.25, 0.3) is 0 Å². The zero-order valence-electron chi connectivity index (χ0n) is 20.6. The molecule has 8 nitrogen and oxygen atoms in total. The Labute approximate surface area is 220 Å². The molecule has 206 valence electrons. The van der Waals surface area contributed by atoms with Crippen LogP contribution in [0.4, 0.5) is 18.9 Å². The third-order valence-corrected chi connectivity index (χ3v) is 10.8. The number of allylic oxidation sites excluding steroid dienone is 4. The van der Waals surface area contributed by atoms with Crippen LogP contribution < -0.4 is 9.62 Å². The molecule has 0 bridgehead atoms. The van der Waals surface area contributed by atoms with Gasteiger partial charge in [0, 0.05) is 43.2 Å². The molecule has 3 rings (SSSR count). The van der Waals surface area contributed by atoms with E-state index in [2.05, 4.69) is 4.72 Å². The van der Waals surface area contributed by atoms with Gasteiger partial charge in [0.15, 0.2) is 5.60 Å². The van der Waals surface area contributed by atoms with Crippen molar-refractivity contribution in [1.82, 2.24) is 9.03 Å². The third kappa shape index (κ3) is 6.25. The summed E-state index contributed by atoms with van der Waals surface area (Å²) in [5.41, 5.74) is -2.94. The van der Waals surface area contributed by atoms with E-state index in [1.165, 1.54) is 36.4 Å². The zero-order valence-corrected chi connectivity index (χ0v) is 23.0. The van der Waals surface area contributed by atoms with Crippen LogP contribution in [0.3, 0.4) is 0 Å². The van der Waals surface area contributed by atoms with Gasteiger partial charge in [0.25, 0.3) is 0 Å². The topological polar surface area (TPSA) is 107 Å². The maximum Gasteiger partial charge on any atom is 0.421 e. The molecule has 0 spiro atoms. The summed E-state index contributed by atoms with van der Waals surface area (Å²) in [4.78, 5) is 2.06. The number of halogens is 3. The summed E-state index contributed by atoms with van der Waals surface area (Å²) in [6, 6.07) is 4.43. The Hall–Kier alpha value is -1.84. The molecule has 1 aliphatic carbocycles. The SMILES string of the molecule is CC(C)S(=O)(=O)NC[C@H]1CN(S(=O)(=O)C2=CC=CCC2=S)CCN1c1ccc([C@@](C)(O)C(F)(F)F)cc1. The molecule has 1 aromatic rings. The van der Waals surface area contributed by atoms with Crippen molar-refractivity contribution in [3.8, 4) is 0 Å². The van der Waals surface area contributed by atoms with Crippen LogP contribution in [-0.4, -0.2) is 74.8 Å². The van der Waals surface area contributed by atoms with Crippen LogP contribution in [0.1, 0.15) is 32.8 Å². The Balaban J connectivity index is 1.91. The van der Waals surface area contributed by atoms with Gasteiger partial charge in [-0.2, -0.15) is 17.5 Å². The highest BCUT2D eigenvalue weighted by molar-refractivity contribution is 7.96. The van der Waals surface area contributed by atoms with Crippen molar-refractivity contribution in [2.45, 2.75) is 50.3 Å². The first-order chi connectivity index (χ1) is 17.0. The minimum absolute atomic E-state index is 0.0266. The summed E-state index contributed by atoms with van der Waals surface area (Å²) < 4.78 is 95.0. The van der Waals surface area contributed by atoms with Gasteiger partial charge in [-0.15, -0.1) is 0 Å². The van der Waals surface area contributed by atoms with Crippen molar-refractivity contribution in [3.05, 3.63) is 53.0 Å². The molecular formula is C23H30F3N3O5S3. The molecule has 2 aliphatic rings. The van der Waals surface area contributed by atoms with E-state index in [9.17, 15) is 35.1 Å². The third-order valence-electron chi connectivity index (χ3n) is 6.48. The van der Waals surface area contributed by atoms with Gasteiger partial charge in [0.1, 0.15) is 0 Å². The lowest BCUT2D eigenvalue weighted by Crippen LogP contribution is -2.59. The number of nitrogens with zero attached hydrogens (tertiary/aromatic N) is 2. The van der Waals surface area contributed by atoms with Crippen molar-refractivity contribution in [3.63, 3.8) is 0 Å². The molecule has 0 aromatic heterocycles. The normalized spacial score (nSPS) is 21.7. The van der Waals surface area contributed by atoms with Crippen LogP contribution in [0.15, 0.2) is 47.4 Å². The first kappa shape index (κ1) is 29.7. The second kappa shape index (κ2) is 10.7. The lowest BCUT2D eigenvalue weighted by Gasteiger charge is -2.42. The largest absolute Gasteiger partial charge is 0.421 e. The van der Waals surface area contributed by atoms with Crippen molar-refractivity contribution < 1.29 is 35.1 Å². The van der Waals surface area contributed by atoms with Crippen LogP contribution in [0, 0.1) is 0 Å². The van der Waals surface area contributed by atoms with E-state index in [0.29, 0.717) is 19.0 Å². The van der Waals surface area contributed by atoms with Crippen molar-refractivity contribution in [2.24, 2.45) is 0 Å². The fraction of sp³-hybridized carbons (Fsp3) is 0.522. The van der Waals surface area contributed by atoms with Crippen molar-refractivity contribution in [2.75, 3.05) is 31.1 Å². The van der Waals surface area contributed by atoms with Crippen molar-refractivity contribution in [1.29, 1.82) is 0 Å². The minimum Gasteiger partial charge on any atom is -0.376 e. The number of sulfonamides is 2. The summed E-state index contributed by atoms with van der Waals surface area (Å²) in [7, 11) is -7.62. The Morgan fingerprint density at radius 2 is 1.76 bits per heavy atom. The maximum atomic E-state index is 13.3. The van der Waals surface area contributed by atoms with Crippen LogP contribution >= 0.6 is 12.2 Å². The Bertz CT molecular complexity index is 1290. The number of anilines is 1. The highest BCUT2D eigenvalue weighted by Gasteiger charge is 2.51. The Morgan fingerprint density at radius 3 is 2.30 bits per heavy atom. The number of hydrogen-bond acceptors (Lipinski definition) is 7. The lowest BCUT2D eigenvalue weighted by atomic mass is 9.95. The standard InChI is InChI=1S/C23H30F3N3O5S3/c1-16(2)36(31,32)27-14-19-15-28(37(33,34)21-7-5-4-6-20(21)35)12-13-29(19)18-10-8-17(9-11-18)22(3,30)23(24,25)26/h4-5,7-11,16,19,27,30H,6,12-15H2,1-3H3/t19-,22+/m0/s1. The number of aliphatic hydroxyl groups is 1. The summed E-state index contributed by atoms with van der Waals surface area (Å²) in [5, 5.41) is 9.24. The number of thiocarbonyl (C=S) groups is 1. The van der Waals surface area contributed by atoms with E-state index in [-0.39, 0.29) is 41.5 Å². The Kier molecular flexibility index (Phi) is 8.62. The first-order valence-electron chi connectivity index (χ1n) is 11.5. The fourth-order valence-corrected chi connectivity index (χ4v) is 6.80. The van der Waals surface area contributed by atoms with Gasteiger partial charge in [0.2, 0.25) is 20.0 Å². The van der Waals surface area contributed by atoms with Gasteiger partial charge in [-0.3, -0.25) is 0 Å². The minimum atomic E-state index is -4.88. The quantitative estimate of drug-likeness (QED) is 0.455. The molecule has 1 fully saturated rings. The number of piperazine rings is 1. The molecule has 14 heteroatoms. The monoisotopic (exact) mass is 581 g/mol. The summed E-state index contributed by atoms with van der Waals surface area (Å²) in [6.45, 7) is 3.68. The molecule has 1 aliphatic heterocycles. The van der Waals surface area contributed by atoms with Crippen LogP contribution in [0.5, 0.6) is 0 Å². The molecule has 1 saturated heterocycles. The smallest absolute Gasteiger partial charge is 0.376 e. The van der Waals surface area contributed by atoms with E-state index in [4.69, 9.17) is 12.2 Å². The van der Waals surface area contributed by atoms with Gasteiger partial charge >= 0.3 is 6.18 Å². The number of hydrogen-bond donors (Lipinski definition) is 2. The molecule has 0 amide bonds. The van der Waals surface area contributed by atoms with E-state index < -0.39 is 43.1 Å². The number of alkyl halides is 3. The molecule has 0 radical (unpaired) electrons. The van der Waals surface area contributed by atoms with Gasteiger partial charge in [-0.25, -0.2) is 21.6 Å². The number of benzene rings is 1. The molecule has 1 heterocycles. The maximum absolute atomic E-state index is 13.3. The van der Waals surface area contributed by atoms with Crippen molar-refractivity contribution >= 4 is 42.8 Å². The molecule has 0 unspecified atom stereocenters. The molecule has 2 atom stereocenters. The number of nitrogens with one attached hydrogen (secondary N) is 1. The van der Waals surface area contributed by atoms with Gasteiger partial charge < -0.3 is 10.0 Å². The molecule has 2 N–H and O–H groups in total. The van der Waals surface area contributed by atoms with Crippen LogP contribution in [0.2, 0.25) is 0 Å². The van der Waals surface area contributed by atoms with Gasteiger partial charge in [0.05, 0.1) is 16.2 Å². The number of rotatable bonds is 8. The van der Waals surface area contributed by atoms with Crippen LogP contribution in [-0.2, 0) is 25.6 Å². The Morgan fingerprint density at radius 1 is 1.14 bits per heavy atom. The highest BCUT2D eigenvalue weighted by atomic mass is 32.2. The average Bonchev–Trinajstić information content (AvgIpc) is 2.82. The summed E-state index contributed by atoms with van der Waals surface area (Å²) in [6.07, 6.45) is 0.254. The predicted octanol–water partition coefficient (Wildman–Crippen LogP) is 2.82. The molecule has 0 saturated carbocycles. The van der Waals surface area contributed by atoms with Gasteiger partial charge in [-0.05, 0) is 44.5 Å². The highest BCUT2D eigenvalue weighted by Crippen LogP contribution is 2.39. The first-order valence-corrected chi connectivity index (χ1v) is 14.9. The fourth-order valence-electron chi connectivity index (χ4n) is 3.97. The second-order valence-corrected chi connectivity index (χ2v) is 14.1. The van der Waals surface area contributed by atoms with E-state index in [1.54, 1.807) is 17.1 Å². The summed E-state index contributed by atoms with van der Waals surface area (Å²) >= 11 is 5.24. The van der Waals surface area contributed by atoms with Gasteiger partial charge in [-0.1, -0.05) is 36.5 Å². The second-order valence-electron chi connectivity index (χ2n) is 9.36. The van der Waals surface area contributed by atoms with E-state index in [1.807, 2.05) is 0 Å². The molecular weight excluding hydrogens is 551 g/mol. The van der Waals surface area contributed by atoms with E-state index >= 15 is 0 Å². The predicted molar refractivity (Wildman–Crippen MR) is 140 cm³/mol. The summed E-state index contributed by atoms with van der Waals surface area (Å²) in [5.74, 6) is 0. The zero-order chi connectivity index (χ0) is 27.8. The average molecular weight is 582 g/mol.